The van der Waals surface area contributed by atoms with E-state index in [-0.39, 0.29) is 0 Å². The molecule has 2 nitrogen and oxygen atoms in total. The Kier molecular flexibility index (Phi) is 2.36. The molecule has 0 aliphatic heterocycles. The van der Waals surface area contributed by atoms with Crippen LogP contribution in [0.4, 0.5) is 5.69 Å². The predicted molar refractivity (Wildman–Crippen MR) is 62.8 cm³/mol. The number of anilines is 1. The Morgan fingerprint density at radius 1 is 1.57 bits per heavy atom. The summed E-state index contributed by atoms with van der Waals surface area (Å²) in [6, 6.07) is 5.94. The number of nitrogens with zero attached hydrogens (tertiary/aromatic N) is 1. The molecule has 0 aliphatic carbocycles. The molecule has 0 spiro atoms. The van der Waals surface area contributed by atoms with Gasteiger partial charge in [-0.3, -0.25) is 0 Å². The van der Waals surface area contributed by atoms with E-state index in [1.54, 1.807) is 11.3 Å². The van der Waals surface area contributed by atoms with Crippen LogP contribution in [0.1, 0.15) is 5.56 Å². The number of thiol groups is 1. The van der Waals surface area contributed by atoms with Crippen LogP contribution in [0.3, 0.4) is 0 Å². The van der Waals surface area contributed by atoms with Gasteiger partial charge in [0, 0.05) is 4.90 Å². The van der Waals surface area contributed by atoms with E-state index >= 15 is 0 Å². The van der Waals surface area contributed by atoms with Gasteiger partial charge in [0.15, 0.2) is 0 Å². The van der Waals surface area contributed by atoms with Crippen molar-refractivity contribution in [2.45, 2.75) is 11.3 Å². The number of nitrogens with two attached hydrogens (primary N) is 1. The minimum atomic E-state index is 0.381. The van der Waals surface area contributed by atoms with Crippen LogP contribution >= 0.6 is 24.0 Å². The molecule has 0 aliphatic rings. The van der Waals surface area contributed by atoms with Crippen LogP contribution < -0.4 is 5.73 Å². The lowest BCUT2D eigenvalue weighted by atomic mass is 10.1. The average molecular weight is 220 g/mol. The minimum absolute atomic E-state index is 0.381. The molecule has 0 amide bonds. The summed E-state index contributed by atoms with van der Waals surface area (Å²) in [7, 11) is 0. The summed E-state index contributed by atoms with van der Waals surface area (Å²) in [6.07, 6.45) is 0.381. The van der Waals surface area contributed by atoms with Crippen molar-refractivity contribution < 1.29 is 0 Å². The summed E-state index contributed by atoms with van der Waals surface area (Å²) in [6.45, 7) is 0. The number of rotatable bonds is 1. The number of fused-ring (bicyclic) bond motifs is 1. The summed E-state index contributed by atoms with van der Waals surface area (Å²) in [4.78, 5) is 0.801. The zero-order valence-electron chi connectivity index (χ0n) is 7.32. The van der Waals surface area contributed by atoms with E-state index in [9.17, 15) is 0 Å². The van der Waals surface area contributed by atoms with Crippen molar-refractivity contribution in [1.29, 1.82) is 5.26 Å². The first-order valence-corrected chi connectivity index (χ1v) is 5.41. The second-order valence-corrected chi connectivity index (χ2v) is 4.36. The second kappa shape index (κ2) is 3.52. The maximum atomic E-state index is 8.70. The molecule has 0 bridgehead atoms. The van der Waals surface area contributed by atoms with Crippen molar-refractivity contribution in [1.82, 2.24) is 0 Å². The molecule has 1 aromatic carbocycles. The third-order valence-corrected chi connectivity index (χ3v) is 3.47. The molecule has 0 radical (unpaired) electrons. The minimum Gasteiger partial charge on any atom is -0.398 e. The van der Waals surface area contributed by atoms with Crippen molar-refractivity contribution in [2.75, 3.05) is 5.73 Å². The van der Waals surface area contributed by atoms with Crippen molar-refractivity contribution in [3.8, 4) is 6.07 Å². The fourth-order valence-electron chi connectivity index (χ4n) is 1.47. The normalized spacial score (nSPS) is 10.3. The number of hydrogen-bond acceptors (Lipinski definition) is 4. The van der Waals surface area contributed by atoms with Crippen molar-refractivity contribution in [2.24, 2.45) is 0 Å². The topological polar surface area (TPSA) is 49.8 Å². The highest BCUT2D eigenvalue weighted by Crippen LogP contribution is 2.34. The number of hydrogen-bond donors (Lipinski definition) is 2. The SMILES string of the molecule is N#CCc1c(S)cc(N)c2sccc12. The van der Waals surface area contributed by atoms with Gasteiger partial charge in [-0.05, 0) is 28.5 Å². The van der Waals surface area contributed by atoms with Gasteiger partial charge < -0.3 is 5.73 Å². The van der Waals surface area contributed by atoms with Gasteiger partial charge in [-0.15, -0.1) is 24.0 Å². The fraction of sp³-hybridized carbons (Fsp3) is 0.100. The lowest BCUT2D eigenvalue weighted by molar-refractivity contribution is 1.22. The third-order valence-electron chi connectivity index (χ3n) is 2.11. The highest BCUT2D eigenvalue weighted by molar-refractivity contribution is 7.80. The molecule has 14 heavy (non-hydrogen) atoms. The Hall–Kier alpha value is -1.18. The largest absolute Gasteiger partial charge is 0.398 e. The Bertz CT molecular complexity index is 523. The molecule has 0 fully saturated rings. The van der Waals surface area contributed by atoms with E-state index in [1.807, 2.05) is 17.5 Å². The third kappa shape index (κ3) is 1.35. The summed E-state index contributed by atoms with van der Waals surface area (Å²) >= 11 is 5.92. The van der Waals surface area contributed by atoms with E-state index < -0.39 is 0 Å². The van der Waals surface area contributed by atoms with Gasteiger partial charge in [0.25, 0.3) is 0 Å². The molecule has 0 saturated carbocycles. The van der Waals surface area contributed by atoms with Crippen LogP contribution in [0.15, 0.2) is 22.4 Å². The second-order valence-electron chi connectivity index (χ2n) is 2.96. The molecule has 1 heterocycles. The monoisotopic (exact) mass is 220 g/mol. The maximum Gasteiger partial charge on any atom is 0.0670 e. The number of nitriles is 1. The molecular weight excluding hydrogens is 212 g/mol. The van der Waals surface area contributed by atoms with E-state index in [0.717, 1.165) is 26.2 Å². The highest BCUT2D eigenvalue weighted by Gasteiger charge is 2.09. The molecule has 4 heteroatoms. The molecule has 0 unspecified atom stereocenters. The van der Waals surface area contributed by atoms with Crippen LogP contribution in [0.25, 0.3) is 10.1 Å². The average Bonchev–Trinajstić information content (AvgIpc) is 2.60. The zero-order valence-corrected chi connectivity index (χ0v) is 9.03. The van der Waals surface area contributed by atoms with Gasteiger partial charge >= 0.3 is 0 Å². The molecule has 0 saturated heterocycles. The van der Waals surface area contributed by atoms with Gasteiger partial charge in [-0.1, -0.05) is 0 Å². The summed E-state index contributed by atoms with van der Waals surface area (Å²) in [5.41, 5.74) is 7.56. The van der Waals surface area contributed by atoms with Crippen LogP contribution in [0.5, 0.6) is 0 Å². The Balaban J connectivity index is 2.81. The van der Waals surface area contributed by atoms with E-state index in [2.05, 4.69) is 18.7 Å². The lowest BCUT2D eigenvalue weighted by Gasteiger charge is -2.05. The van der Waals surface area contributed by atoms with E-state index in [4.69, 9.17) is 11.0 Å². The molecule has 2 N–H and O–H groups in total. The van der Waals surface area contributed by atoms with Gasteiger partial charge in [-0.2, -0.15) is 5.26 Å². The van der Waals surface area contributed by atoms with Crippen LogP contribution in [0.2, 0.25) is 0 Å². The first kappa shape index (κ1) is 9.38. The van der Waals surface area contributed by atoms with Gasteiger partial charge in [0.05, 0.1) is 22.9 Å². The van der Waals surface area contributed by atoms with Gasteiger partial charge in [-0.25, -0.2) is 0 Å². The first-order valence-electron chi connectivity index (χ1n) is 4.08. The van der Waals surface area contributed by atoms with Crippen molar-refractivity contribution in [3.63, 3.8) is 0 Å². The zero-order chi connectivity index (χ0) is 10.1. The molecule has 2 aromatic rings. The van der Waals surface area contributed by atoms with Crippen LogP contribution in [-0.2, 0) is 6.42 Å². The molecule has 1 aromatic heterocycles. The number of thiophene rings is 1. The summed E-state index contributed by atoms with van der Waals surface area (Å²) in [5, 5.41) is 11.7. The summed E-state index contributed by atoms with van der Waals surface area (Å²) in [5.74, 6) is 0. The van der Waals surface area contributed by atoms with Crippen molar-refractivity contribution >= 4 is 39.7 Å². The smallest absolute Gasteiger partial charge is 0.0670 e. The van der Waals surface area contributed by atoms with E-state index in [1.165, 1.54) is 0 Å². The first-order chi connectivity index (χ1) is 6.74. The van der Waals surface area contributed by atoms with Gasteiger partial charge in [0.1, 0.15) is 0 Å². The molecule has 70 valence electrons. The Labute approximate surface area is 91.4 Å². The quantitative estimate of drug-likeness (QED) is 0.573. The summed E-state index contributed by atoms with van der Waals surface area (Å²) < 4.78 is 1.05. The van der Waals surface area contributed by atoms with Crippen LogP contribution in [0, 0.1) is 11.3 Å². The molecule has 0 atom stereocenters. The Morgan fingerprint density at radius 2 is 2.36 bits per heavy atom. The highest BCUT2D eigenvalue weighted by atomic mass is 32.1. The predicted octanol–water partition coefficient (Wildman–Crippen LogP) is 2.84. The van der Waals surface area contributed by atoms with Crippen LogP contribution in [-0.4, -0.2) is 0 Å². The van der Waals surface area contributed by atoms with Gasteiger partial charge in [0.2, 0.25) is 0 Å². The van der Waals surface area contributed by atoms with Crippen molar-refractivity contribution in [3.05, 3.63) is 23.1 Å². The Morgan fingerprint density at radius 3 is 3.07 bits per heavy atom. The standard InChI is InChI=1S/C10H8N2S2/c11-3-1-6-7-2-4-14-10(7)8(12)5-9(6)13/h2,4-5,13H,1,12H2. The number of nitrogen functional groups attached to an aromatic ring is 1. The maximum absolute atomic E-state index is 8.70. The number of benzene rings is 1. The lowest BCUT2D eigenvalue weighted by Crippen LogP contribution is -1.90. The van der Waals surface area contributed by atoms with E-state index in [0.29, 0.717) is 6.42 Å². The fourth-order valence-corrected chi connectivity index (χ4v) is 2.67. The molecule has 2 rings (SSSR count). The molecular formula is C10H8N2S2.